The molecule has 1 aliphatic carbocycles. The second kappa shape index (κ2) is 11.0. The van der Waals surface area contributed by atoms with Crippen molar-refractivity contribution in [3.8, 4) is 0 Å². The number of alkyl carbamates (subject to hydrolysis) is 1. The number of amides is 2. The molecule has 1 aliphatic rings. The summed E-state index contributed by atoms with van der Waals surface area (Å²) in [6.45, 7) is 2.27. The molecule has 0 aliphatic heterocycles. The molecule has 3 atom stereocenters. The number of carboxylic acids is 1. The maximum absolute atomic E-state index is 12.0. The quantitative estimate of drug-likeness (QED) is 0.374. The third-order valence-electron chi connectivity index (χ3n) is 4.49. The molecule has 0 spiro atoms. The second-order valence-electron chi connectivity index (χ2n) is 6.73. The highest BCUT2D eigenvalue weighted by Gasteiger charge is 2.48. The monoisotopic (exact) mass is 406 g/mol. The molecule has 9 nitrogen and oxygen atoms in total. The van der Waals surface area contributed by atoms with E-state index in [4.69, 9.17) is 9.47 Å². The Kier molecular flexibility index (Phi) is 8.45. The molecule has 0 aromatic heterocycles. The fourth-order valence-electron chi connectivity index (χ4n) is 2.81. The normalized spacial score (nSPS) is 18.2. The van der Waals surface area contributed by atoms with Crippen molar-refractivity contribution in [2.24, 2.45) is 11.8 Å². The van der Waals surface area contributed by atoms with Crippen molar-refractivity contribution in [2.75, 3.05) is 13.2 Å². The van der Waals surface area contributed by atoms with Gasteiger partial charge in [0.2, 0.25) is 5.91 Å². The number of carbonyl (C=O) groups excluding carboxylic acids is 3. The minimum Gasteiger partial charge on any atom is -0.480 e. The summed E-state index contributed by atoms with van der Waals surface area (Å²) >= 11 is 0. The highest BCUT2D eigenvalue weighted by atomic mass is 16.5. The smallest absolute Gasteiger partial charge is 0.408 e. The lowest BCUT2D eigenvalue weighted by atomic mass is 10.1. The van der Waals surface area contributed by atoms with Gasteiger partial charge in [0.1, 0.15) is 12.6 Å². The minimum absolute atomic E-state index is 0.0398. The molecule has 0 radical (unpaired) electrons. The van der Waals surface area contributed by atoms with Crippen LogP contribution in [0.2, 0.25) is 0 Å². The molecule has 2 unspecified atom stereocenters. The molecule has 158 valence electrons. The van der Waals surface area contributed by atoms with Crippen molar-refractivity contribution in [3.63, 3.8) is 0 Å². The van der Waals surface area contributed by atoms with E-state index in [0.717, 1.165) is 5.56 Å². The van der Waals surface area contributed by atoms with E-state index in [1.807, 2.05) is 18.2 Å². The zero-order chi connectivity index (χ0) is 21.2. The van der Waals surface area contributed by atoms with E-state index in [2.05, 4.69) is 10.6 Å². The first-order valence-electron chi connectivity index (χ1n) is 9.56. The Balaban J connectivity index is 1.65. The molecule has 0 saturated heterocycles. The van der Waals surface area contributed by atoms with Crippen molar-refractivity contribution in [2.45, 2.75) is 38.8 Å². The molecular formula is C20H26N2O7. The van der Waals surface area contributed by atoms with Gasteiger partial charge in [0.15, 0.2) is 0 Å². The predicted molar refractivity (Wildman–Crippen MR) is 102 cm³/mol. The van der Waals surface area contributed by atoms with Gasteiger partial charge in [-0.3, -0.25) is 9.59 Å². The molecule has 1 aromatic rings. The Morgan fingerprint density at radius 2 is 1.86 bits per heavy atom. The first-order valence-corrected chi connectivity index (χ1v) is 9.56. The largest absolute Gasteiger partial charge is 0.480 e. The highest BCUT2D eigenvalue weighted by Crippen LogP contribution is 2.39. The topological polar surface area (TPSA) is 131 Å². The molecule has 2 rings (SSSR count). The number of carboxylic acid groups (broad SMARTS) is 1. The van der Waals surface area contributed by atoms with Gasteiger partial charge in [-0.1, -0.05) is 30.3 Å². The summed E-state index contributed by atoms with van der Waals surface area (Å²) in [6, 6.07) is 7.91. The van der Waals surface area contributed by atoms with Crippen LogP contribution < -0.4 is 10.6 Å². The third-order valence-corrected chi connectivity index (χ3v) is 4.49. The van der Waals surface area contributed by atoms with E-state index in [9.17, 15) is 24.3 Å². The van der Waals surface area contributed by atoms with Crippen molar-refractivity contribution in [3.05, 3.63) is 35.9 Å². The molecule has 1 aromatic carbocycles. The Hall–Kier alpha value is -3.10. The zero-order valence-electron chi connectivity index (χ0n) is 16.3. The highest BCUT2D eigenvalue weighted by molar-refractivity contribution is 5.90. The lowest BCUT2D eigenvalue weighted by Crippen LogP contribution is -2.41. The number of esters is 1. The molecule has 1 fully saturated rings. The van der Waals surface area contributed by atoms with Gasteiger partial charge in [0.25, 0.3) is 0 Å². The Labute approximate surface area is 168 Å². The number of hydrogen-bond acceptors (Lipinski definition) is 6. The van der Waals surface area contributed by atoms with E-state index in [1.165, 1.54) is 0 Å². The summed E-state index contributed by atoms with van der Waals surface area (Å²) in [5.74, 6) is -2.56. The van der Waals surface area contributed by atoms with Gasteiger partial charge in [-0.15, -0.1) is 0 Å². The number of aliphatic carboxylic acids is 1. The van der Waals surface area contributed by atoms with Crippen molar-refractivity contribution < 1.29 is 33.8 Å². The van der Waals surface area contributed by atoms with E-state index in [1.54, 1.807) is 19.1 Å². The third kappa shape index (κ3) is 7.44. The predicted octanol–water partition coefficient (Wildman–Crippen LogP) is 1.46. The SMILES string of the molecule is CCOC(=O)C1CC1C(=O)NCCC[C@H](NC(=O)OCc1ccccc1)C(=O)O. The average molecular weight is 406 g/mol. The van der Waals surface area contributed by atoms with Crippen molar-refractivity contribution in [1.29, 1.82) is 0 Å². The lowest BCUT2D eigenvalue weighted by Gasteiger charge is -2.15. The van der Waals surface area contributed by atoms with E-state index < -0.39 is 18.1 Å². The summed E-state index contributed by atoms with van der Waals surface area (Å²) < 4.78 is 9.90. The number of benzene rings is 1. The number of rotatable bonds is 11. The van der Waals surface area contributed by atoms with Crippen LogP contribution in [0.1, 0.15) is 31.7 Å². The number of carbonyl (C=O) groups is 4. The van der Waals surface area contributed by atoms with Gasteiger partial charge in [-0.25, -0.2) is 9.59 Å². The van der Waals surface area contributed by atoms with E-state index in [0.29, 0.717) is 12.8 Å². The van der Waals surface area contributed by atoms with Crippen LogP contribution in [0.3, 0.4) is 0 Å². The van der Waals surface area contributed by atoms with Crippen LogP contribution in [0.15, 0.2) is 30.3 Å². The summed E-state index contributed by atoms with van der Waals surface area (Å²) in [5.41, 5.74) is 0.790. The lowest BCUT2D eigenvalue weighted by molar-refractivity contribution is -0.146. The van der Waals surface area contributed by atoms with Crippen LogP contribution in [0.4, 0.5) is 4.79 Å². The first-order chi connectivity index (χ1) is 13.9. The summed E-state index contributed by atoms with van der Waals surface area (Å²) in [6.07, 6.45) is 0.123. The first kappa shape index (κ1) is 22.2. The van der Waals surface area contributed by atoms with Crippen molar-refractivity contribution in [1.82, 2.24) is 10.6 Å². The van der Waals surface area contributed by atoms with Gasteiger partial charge in [-0.05, 0) is 31.7 Å². The van der Waals surface area contributed by atoms with Crippen LogP contribution >= 0.6 is 0 Å². The van der Waals surface area contributed by atoms with Gasteiger partial charge in [0, 0.05) is 6.54 Å². The van der Waals surface area contributed by atoms with Gasteiger partial charge < -0.3 is 25.2 Å². The molecule has 3 N–H and O–H groups in total. The molecule has 0 bridgehead atoms. The van der Waals surface area contributed by atoms with Crippen LogP contribution in [0, 0.1) is 11.8 Å². The van der Waals surface area contributed by atoms with Gasteiger partial charge in [-0.2, -0.15) is 0 Å². The van der Waals surface area contributed by atoms with Crippen LogP contribution in [-0.4, -0.2) is 48.2 Å². The summed E-state index contributed by atoms with van der Waals surface area (Å²) in [5, 5.41) is 14.2. The average Bonchev–Trinajstić information content (AvgIpc) is 3.50. The molecule has 29 heavy (non-hydrogen) atoms. The van der Waals surface area contributed by atoms with E-state index >= 15 is 0 Å². The Bertz CT molecular complexity index is 723. The van der Waals surface area contributed by atoms with Gasteiger partial charge in [0.05, 0.1) is 18.4 Å². The number of hydrogen-bond donors (Lipinski definition) is 3. The molecule has 9 heteroatoms. The number of ether oxygens (including phenoxy) is 2. The maximum atomic E-state index is 12.0. The van der Waals surface area contributed by atoms with Gasteiger partial charge >= 0.3 is 18.0 Å². The van der Waals surface area contributed by atoms with E-state index in [-0.39, 0.29) is 49.9 Å². The Morgan fingerprint density at radius 3 is 2.52 bits per heavy atom. The summed E-state index contributed by atoms with van der Waals surface area (Å²) in [7, 11) is 0. The number of nitrogens with one attached hydrogen (secondary N) is 2. The molecule has 1 saturated carbocycles. The van der Waals surface area contributed by atoms with Crippen molar-refractivity contribution >= 4 is 23.9 Å². The van der Waals surface area contributed by atoms with Crippen LogP contribution in [0.25, 0.3) is 0 Å². The Morgan fingerprint density at radius 1 is 1.14 bits per heavy atom. The fraction of sp³-hybridized carbons (Fsp3) is 0.500. The molecule has 2 amide bonds. The van der Waals surface area contributed by atoms with Crippen LogP contribution in [-0.2, 0) is 30.5 Å². The molecule has 0 heterocycles. The standard InChI is InChI=1S/C20H26N2O7/c1-2-28-19(26)15-11-14(15)17(23)21-10-6-9-16(18(24)25)22-20(27)29-12-13-7-4-3-5-8-13/h3-5,7-8,14-16H,2,6,9-12H2,1H3,(H,21,23)(H,22,27)(H,24,25)/t14?,15?,16-/m0/s1. The summed E-state index contributed by atoms with van der Waals surface area (Å²) in [4.78, 5) is 46.7. The minimum atomic E-state index is -1.18. The zero-order valence-corrected chi connectivity index (χ0v) is 16.3. The second-order valence-corrected chi connectivity index (χ2v) is 6.73. The fourth-order valence-corrected chi connectivity index (χ4v) is 2.81. The van der Waals surface area contributed by atoms with Crippen LogP contribution in [0.5, 0.6) is 0 Å². The molecular weight excluding hydrogens is 380 g/mol. The maximum Gasteiger partial charge on any atom is 0.408 e.